The summed E-state index contributed by atoms with van der Waals surface area (Å²) in [7, 11) is 0. The van der Waals surface area contributed by atoms with Crippen molar-refractivity contribution in [2.45, 2.75) is 19.8 Å². The molecule has 3 aromatic rings. The van der Waals surface area contributed by atoms with Gasteiger partial charge in [0.15, 0.2) is 0 Å². The number of nitrogens with one attached hydrogen (secondary N) is 1. The number of benzene rings is 1. The first-order valence-corrected chi connectivity index (χ1v) is 10.4. The second kappa shape index (κ2) is 9.93. The molecule has 1 atom stereocenters. The molecule has 0 bridgehead atoms. The summed E-state index contributed by atoms with van der Waals surface area (Å²) in [5.74, 6) is 1.13. The molecule has 1 aromatic carbocycles. The highest BCUT2D eigenvalue weighted by Crippen LogP contribution is 2.26. The van der Waals surface area contributed by atoms with Crippen LogP contribution in [0.1, 0.15) is 24.5 Å². The summed E-state index contributed by atoms with van der Waals surface area (Å²) < 4.78 is 10.7. The lowest BCUT2D eigenvalue weighted by atomic mass is 9.91. The van der Waals surface area contributed by atoms with Gasteiger partial charge in [0.05, 0.1) is 12.8 Å². The number of aromatic nitrogens is 2. The summed E-state index contributed by atoms with van der Waals surface area (Å²) in [6.45, 7) is 4.11. The van der Waals surface area contributed by atoms with E-state index in [1.54, 1.807) is 6.20 Å². The number of piperidine rings is 1. The highest BCUT2D eigenvalue weighted by atomic mass is 16.5. The number of urea groups is 1. The van der Waals surface area contributed by atoms with Gasteiger partial charge >= 0.3 is 6.03 Å². The van der Waals surface area contributed by atoms with Gasteiger partial charge in [0.25, 0.3) is 0 Å². The predicted molar refractivity (Wildman–Crippen MR) is 119 cm³/mol. The van der Waals surface area contributed by atoms with Crippen LogP contribution in [-0.2, 0) is 6.42 Å². The molecule has 7 nitrogen and oxygen atoms in total. The van der Waals surface area contributed by atoms with Crippen LogP contribution < -0.4 is 10.1 Å². The summed E-state index contributed by atoms with van der Waals surface area (Å²) in [4.78, 5) is 18.4. The Bertz CT molecular complexity index is 1020. The quantitative estimate of drug-likeness (QED) is 0.630. The molecule has 1 N–H and O–H groups in total. The maximum absolute atomic E-state index is 12.4. The summed E-state index contributed by atoms with van der Waals surface area (Å²) in [6.07, 6.45) is 10.4. The van der Waals surface area contributed by atoms with Gasteiger partial charge in [-0.25, -0.2) is 4.79 Å². The number of hydrogen-bond donors (Lipinski definition) is 1. The molecule has 0 spiro atoms. The molecule has 1 fully saturated rings. The van der Waals surface area contributed by atoms with Crippen LogP contribution in [0, 0.1) is 5.92 Å². The average Bonchev–Trinajstić information content (AvgIpc) is 3.29. The molecule has 1 unspecified atom stereocenters. The number of pyridine rings is 1. The molecule has 160 valence electrons. The van der Waals surface area contributed by atoms with E-state index in [-0.39, 0.29) is 11.9 Å². The molecular formula is C24H26N4O3. The van der Waals surface area contributed by atoms with Crippen molar-refractivity contribution in [3.8, 4) is 5.75 Å². The zero-order chi connectivity index (χ0) is 21.5. The van der Waals surface area contributed by atoms with Crippen molar-refractivity contribution in [2.75, 3.05) is 25.0 Å². The first-order valence-electron chi connectivity index (χ1n) is 10.4. The van der Waals surface area contributed by atoms with E-state index in [4.69, 9.17) is 9.26 Å². The summed E-state index contributed by atoms with van der Waals surface area (Å²) in [6, 6.07) is 12.0. The SMILES string of the molecule is CC1CN(C(=O)Nc2cnoc2)CCC1=Cc1cccc(OCCc2cccnc2)c1. The lowest BCUT2D eigenvalue weighted by Gasteiger charge is -2.33. The fourth-order valence-corrected chi connectivity index (χ4v) is 3.66. The van der Waals surface area contributed by atoms with Crippen LogP contribution in [0.2, 0.25) is 0 Å². The summed E-state index contributed by atoms with van der Waals surface area (Å²) in [5, 5.41) is 6.41. The monoisotopic (exact) mass is 418 g/mol. The number of nitrogens with zero attached hydrogens (tertiary/aromatic N) is 3. The van der Waals surface area contributed by atoms with E-state index in [0.717, 1.165) is 29.7 Å². The molecule has 0 radical (unpaired) electrons. The fourth-order valence-electron chi connectivity index (χ4n) is 3.66. The summed E-state index contributed by atoms with van der Waals surface area (Å²) >= 11 is 0. The van der Waals surface area contributed by atoms with Crippen molar-refractivity contribution >= 4 is 17.8 Å². The number of anilines is 1. The van der Waals surface area contributed by atoms with Crippen molar-refractivity contribution in [3.05, 3.63) is 78.0 Å². The van der Waals surface area contributed by atoms with Crippen LogP contribution in [0.5, 0.6) is 5.75 Å². The molecular weight excluding hydrogens is 392 g/mol. The number of rotatable bonds is 6. The minimum atomic E-state index is -0.127. The van der Waals surface area contributed by atoms with E-state index in [9.17, 15) is 4.79 Å². The van der Waals surface area contributed by atoms with Gasteiger partial charge in [0, 0.05) is 31.9 Å². The molecule has 3 heterocycles. The van der Waals surface area contributed by atoms with Gasteiger partial charge in [-0.15, -0.1) is 0 Å². The Morgan fingerprint density at radius 3 is 3.03 bits per heavy atom. The molecule has 1 aliphatic rings. The molecule has 31 heavy (non-hydrogen) atoms. The number of carbonyl (C=O) groups excluding carboxylic acids is 1. The Morgan fingerprint density at radius 1 is 1.32 bits per heavy atom. The van der Waals surface area contributed by atoms with Gasteiger partial charge < -0.3 is 19.5 Å². The first kappa shape index (κ1) is 20.7. The maximum atomic E-state index is 12.4. The third-order valence-electron chi connectivity index (χ3n) is 5.36. The zero-order valence-electron chi connectivity index (χ0n) is 17.5. The second-order valence-electron chi connectivity index (χ2n) is 7.69. The largest absolute Gasteiger partial charge is 0.493 e. The lowest BCUT2D eigenvalue weighted by Crippen LogP contribution is -2.42. The molecule has 0 aliphatic carbocycles. The average molecular weight is 418 g/mol. The van der Waals surface area contributed by atoms with Crippen molar-refractivity contribution in [3.63, 3.8) is 0 Å². The third-order valence-corrected chi connectivity index (χ3v) is 5.36. The maximum Gasteiger partial charge on any atom is 0.322 e. The fraction of sp³-hybridized carbons (Fsp3) is 0.292. The molecule has 4 rings (SSSR count). The van der Waals surface area contributed by atoms with E-state index in [1.807, 2.05) is 29.3 Å². The Hall–Kier alpha value is -3.61. The van der Waals surface area contributed by atoms with E-state index in [0.29, 0.717) is 25.4 Å². The second-order valence-corrected chi connectivity index (χ2v) is 7.69. The number of amides is 2. The zero-order valence-corrected chi connectivity index (χ0v) is 17.5. The van der Waals surface area contributed by atoms with Crippen molar-refractivity contribution < 1.29 is 14.1 Å². The molecule has 0 saturated carbocycles. The van der Waals surface area contributed by atoms with E-state index >= 15 is 0 Å². The Balaban J connectivity index is 1.32. The topological polar surface area (TPSA) is 80.5 Å². The number of carbonyl (C=O) groups is 1. The number of likely N-dealkylation sites (tertiary alicyclic amines) is 1. The van der Waals surface area contributed by atoms with Gasteiger partial charge in [-0.1, -0.05) is 41.9 Å². The molecule has 2 aromatic heterocycles. The predicted octanol–water partition coefficient (Wildman–Crippen LogP) is 4.65. The van der Waals surface area contributed by atoms with Gasteiger partial charge in [-0.3, -0.25) is 4.98 Å². The molecule has 1 aliphatic heterocycles. The van der Waals surface area contributed by atoms with Gasteiger partial charge in [-0.05, 0) is 41.7 Å². The van der Waals surface area contributed by atoms with Crippen LogP contribution in [0.3, 0.4) is 0 Å². The molecule has 2 amide bonds. The van der Waals surface area contributed by atoms with E-state index in [1.165, 1.54) is 18.0 Å². The minimum absolute atomic E-state index is 0.127. The van der Waals surface area contributed by atoms with Crippen LogP contribution in [0.15, 0.2) is 71.3 Å². The van der Waals surface area contributed by atoms with Crippen molar-refractivity contribution in [1.82, 2.24) is 15.0 Å². The van der Waals surface area contributed by atoms with Crippen molar-refractivity contribution in [2.24, 2.45) is 5.92 Å². The first-order chi connectivity index (χ1) is 15.2. The van der Waals surface area contributed by atoms with Crippen LogP contribution in [0.4, 0.5) is 10.5 Å². The number of ether oxygens (including phenoxy) is 1. The normalized spacial score (nSPS) is 17.5. The minimum Gasteiger partial charge on any atom is -0.493 e. The molecule has 7 heteroatoms. The van der Waals surface area contributed by atoms with Crippen LogP contribution in [-0.4, -0.2) is 40.8 Å². The third kappa shape index (κ3) is 5.72. The standard InChI is InChI=1S/C24H26N4O3/c1-18-16-28(24(29)27-22-15-26-31-17-22)10-7-21(18)12-20-4-2-6-23(13-20)30-11-8-19-5-3-9-25-14-19/h2-6,9,12-15,17-18H,7-8,10-11,16H2,1H3,(H,27,29). The highest BCUT2D eigenvalue weighted by Gasteiger charge is 2.24. The summed E-state index contributed by atoms with van der Waals surface area (Å²) in [5.41, 5.74) is 4.18. The lowest BCUT2D eigenvalue weighted by molar-refractivity contribution is 0.198. The van der Waals surface area contributed by atoms with Crippen LogP contribution in [0.25, 0.3) is 6.08 Å². The van der Waals surface area contributed by atoms with E-state index < -0.39 is 0 Å². The smallest absolute Gasteiger partial charge is 0.322 e. The Labute approximate surface area is 181 Å². The van der Waals surface area contributed by atoms with Gasteiger partial charge in [-0.2, -0.15) is 0 Å². The van der Waals surface area contributed by atoms with Gasteiger partial charge in [0.1, 0.15) is 17.7 Å². The van der Waals surface area contributed by atoms with E-state index in [2.05, 4.69) is 46.7 Å². The Kier molecular flexibility index (Phi) is 6.62. The molecule has 1 saturated heterocycles. The van der Waals surface area contributed by atoms with Crippen molar-refractivity contribution in [1.29, 1.82) is 0 Å². The highest BCUT2D eigenvalue weighted by molar-refractivity contribution is 5.89. The number of hydrogen-bond acceptors (Lipinski definition) is 5. The Morgan fingerprint density at radius 2 is 2.26 bits per heavy atom. The van der Waals surface area contributed by atoms with Gasteiger partial charge in [0.2, 0.25) is 0 Å². The van der Waals surface area contributed by atoms with Crippen LogP contribution >= 0.6 is 0 Å².